The Balaban J connectivity index is 1.74. The maximum atomic E-state index is 12.7. The molecule has 2 aromatic heterocycles. The van der Waals surface area contributed by atoms with Crippen molar-refractivity contribution in [2.24, 2.45) is 0 Å². The molecule has 0 bridgehead atoms. The second kappa shape index (κ2) is 8.37. The summed E-state index contributed by atoms with van der Waals surface area (Å²) in [7, 11) is 0. The second-order valence-electron chi connectivity index (χ2n) is 6.42. The average Bonchev–Trinajstić information content (AvgIpc) is 3.30. The van der Waals surface area contributed by atoms with Crippen LogP contribution in [-0.4, -0.2) is 32.5 Å². The molecule has 3 heterocycles. The predicted molar refractivity (Wildman–Crippen MR) is 109 cm³/mol. The van der Waals surface area contributed by atoms with Gasteiger partial charge in [0.1, 0.15) is 11.1 Å². The van der Waals surface area contributed by atoms with Crippen LogP contribution in [0.25, 0.3) is 11.3 Å². The van der Waals surface area contributed by atoms with Crippen molar-refractivity contribution in [1.82, 2.24) is 15.4 Å². The number of rotatable bonds is 5. The Morgan fingerprint density at radius 3 is 2.77 bits per heavy atom. The number of carbonyl (C=O) groups excluding carboxylic acids is 2. The molecule has 1 unspecified atom stereocenters. The van der Waals surface area contributed by atoms with Gasteiger partial charge in [0, 0.05) is 53.4 Å². The summed E-state index contributed by atoms with van der Waals surface area (Å²) in [6, 6.07) is 10.9. The number of aromatic nitrogens is 1. The smallest absolute Gasteiger partial charge is 0.270 e. The molecule has 3 aromatic rings. The number of amides is 2. The van der Waals surface area contributed by atoms with Crippen molar-refractivity contribution in [3.63, 3.8) is 0 Å². The molecule has 1 aliphatic heterocycles. The van der Waals surface area contributed by atoms with E-state index in [4.69, 9.17) is 4.42 Å². The fourth-order valence-corrected chi connectivity index (χ4v) is 4.34. The van der Waals surface area contributed by atoms with Crippen LogP contribution in [0.5, 0.6) is 0 Å². The molecule has 0 radical (unpaired) electrons. The molecule has 1 N–H and O–H groups in total. The Morgan fingerprint density at radius 2 is 2.07 bits per heavy atom. The van der Waals surface area contributed by atoms with E-state index < -0.39 is 16.2 Å². The maximum absolute atomic E-state index is 12.7. The number of nitro benzene ring substituents is 1. The minimum absolute atomic E-state index is 0.112. The van der Waals surface area contributed by atoms with E-state index in [-0.39, 0.29) is 18.0 Å². The molecule has 10 heteroatoms. The molecule has 9 nitrogen and oxygen atoms in total. The third kappa shape index (κ3) is 3.90. The Kier molecular flexibility index (Phi) is 5.48. The van der Waals surface area contributed by atoms with Gasteiger partial charge in [0.2, 0.25) is 5.91 Å². The molecule has 1 atom stereocenters. The second-order valence-corrected chi connectivity index (χ2v) is 7.61. The van der Waals surface area contributed by atoms with Gasteiger partial charge in [-0.3, -0.25) is 30.1 Å². The Labute approximate surface area is 175 Å². The number of thioether (sulfide) groups is 1. The summed E-state index contributed by atoms with van der Waals surface area (Å²) < 4.78 is 5.49. The molecule has 0 spiro atoms. The zero-order valence-electron chi connectivity index (χ0n) is 15.6. The number of furan rings is 1. The van der Waals surface area contributed by atoms with Crippen molar-refractivity contribution < 1.29 is 18.9 Å². The minimum atomic E-state index is -0.656. The topological polar surface area (TPSA) is 119 Å². The zero-order chi connectivity index (χ0) is 21.1. The fourth-order valence-electron chi connectivity index (χ4n) is 3.13. The normalized spacial score (nSPS) is 16.3. The van der Waals surface area contributed by atoms with Crippen LogP contribution in [0.1, 0.15) is 27.7 Å². The lowest BCUT2D eigenvalue weighted by Gasteiger charge is -2.35. The lowest BCUT2D eigenvalue weighted by atomic mass is 10.0. The Hall–Kier alpha value is -3.66. The van der Waals surface area contributed by atoms with E-state index in [0.717, 1.165) is 0 Å². The van der Waals surface area contributed by atoms with Crippen LogP contribution in [0.4, 0.5) is 5.69 Å². The van der Waals surface area contributed by atoms with E-state index in [9.17, 15) is 19.7 Å². The molecule has 1 fully saturated rings. The average molecular weight is 424 g/mol. The van der Waals surface area contributed by atoms with Gasteiger partial charge in [0.25, 0.3) is 11.6 Å². The zero-order valence-corrected chi connectivity index (χ0v) is 16.4. The molecular weight excluding hydrogens is 408 g/mol. The highest BCUT2D eigenvalue weighted by atomic mass is 32.2. The first-order valence-corrected chi connectivity index (χ1v) is 10.1. The Bertz CT molecular complexity index is 1090. The molecule has 1 saturated heterocycles. The predicted octanol–water partition coefficient (Wildman–Crippen LogP) is 3.56. The SMILES string of the molecule is O=C(NN1C(=O)CCSC1c1cc([N+](=O)[O-])ccc1-c1ccco1)c1ccncc1. The van der Waals surface area contributed by atoms with Crippen LogP contribution in [0.15, 0.2) is 65.5 Å². The number of hydrogen-bond donors (Lipinski definition) is 1. The highest BCUT2D eigenvalue weighted by Crippen LogP contribution is 2.42. The highest BCUT2D eigenvalue weighted by molar-refractivity contribution is 7.99. The molecule has 2 amide bonds. The lowest BCUT2D eigenvalue weighted by Crippen LogP contribution is -2.49. The fraction of sp³-hybridized carbons (Fsp3) is 0.150. The monoisotopic (exact) mass is 424 g/mol. The van der Waals surface area contributed by atoms with Gasteiger partial charge in [-0.2, -0.15) is 0 Å². The summed E-state index contributed by atoms with van der Waals surface area (Å²) in [5.74, 6) is 0.283. The van der Waals surface area contributed by atoms with Crippen molar-refractivity contribution in [1.29, 1.82) is 0 Å². The lowest BCUT2D eigenvalue weighted by molar-refractivity contribution is -0.384. The Morgan fingerprint density at radius 1 is 1.27 bits per heavy atom. The van der Waals surface area contributed by atoms with Gasteiger partial charge in [0.05, 0.1) is 11.2 Å². The number of hydrazine groups is 1. The van der Waals surface area contributed by atoms with Crippen LogP contribution in [0, 0.1) is 10.1 Å². The van der Waals surface area contributed by atoms with Crippen LogP contribution in [-0.2, 0) is 4.79 Å². The van der Waals surface area contributed by atoms with Crippen LogP contribution in [0.2, 0.25) is 0 Å². The van der Waals surface area contributed by atoms with Crippen molar-refractivity contribution in [2.45, 2.75) is 11.8 Å². The van der Waals surface area contributed by atoms with E-state index in [2.05, 4.69) is 10.4 Å². The largest absolute Gasteiger partial charge is 0.464 e. The van der Waals surface area contributed by atoms with Crippen molar-refractivity contribution in [3.8, 4) is 11.3 Å². The number of hydrogen-bond acceptors (Lipinski definition) is 7. The van der Waals surface area contributed by atoms with Crippen molar-refractivity contribution >= 4 is 29.3 Å². The summed E-state index contributed by atoms with van der Waals surface area (Å²) in [5.41, 5.74) is 4.00. The standard InChI is InChI=1S/C20H16N4O5S/c25-18-7-11-30-20(23(18)22-19(26)13-5-8-21-9-6-13)16-12-14(24(27)28)3-4-15(16)17-2-1-10-29-17/h1-6,8-10,12,20H,7,11H2,(H,22,26). The van der Waals surface area contributed by atoms with Gasteiger partial charge < -0.3 is 4.42 Å². The molecule has 0 aliphatic carbocycles. The first-order valence-electron chi connectivity index (χ1n) is 9.01. The first-order chi connectivity index (χ1) is 14.5. The van der Waals surface area contributed by atoms with E-state index >= 15 is 0 Å². The van der Waals surface area contributed by atoms with Gasteiger partial charge in [-0.25, -0.2) is 5.01 Å². The number of pyridine rings is 1. The van der Waals surface area contributed by atoms with Crippen molar-refractivity contribution in [2.75, 3.05) is 5.75 Å². The summed E-state index contributed by atoms with van der Waals surface area (Å²) in [6.45, 7) is 0. The number of nitro groups is 1. The minimum Gasteiger partial charge on any atom is -0.464 e. The summed E-state index contributed by atoms with van der Waals surface area (Å²) in [6.07, 6.45) is 4.70. The molecule has 4 rings (SSSR count). The highest BCUT2D eigenvalue weighted by Gasteiger charge is 2.34. The first kappa shape index (κ1) is 19.6. The van der Waals surface area contributed by atoms with Gasteiger partial charge in [-0.15, -0.1) is 11.8 Å². The van der Waals surface area contributed by atoms with E-state index in [1.165, 1.54) is 59.7 Å². The number of non-ortho nitro benzene ring substituents is 1. The van der Waals surface area contributed by atoms with Gasteiger partial charge >= 0.3 is 0 Å². The molecule has 152 valence electrons. The summed E-state index contributed by atoms with van der Waals surface area (Å²) in [4.78, 5) is 40.1. The molecular formula is C20H16N4O5S. The third-order valence-corrected chi connectivity index (χ3v) is 5.78. The number of carbonyl (C=O) groups is 2. The molecule has 30 heavy (non-hydrogen) atoms. The number of nitrogens with one attached hydrogen (secondary N) is 1. The van der Waals surface area contributed by atoms with Crippen LogP contribution in [0.3, 0.4) is 0 Å². The van der Waals surface area contributed by atoms with E-state index in [0.29, 0.717) is 28.2 Å². The van der Waals surface area contributed by atoms with Crippen molar-refractivity contribution in [3.05, 3.63) is 82.4 Å². The maximum Gasteiger partial charge on any atom is 0.270 e. The summed E-state index contributed by atoms with van der Waals surface area (Å²) >= 11 is 1.41. The molecule has 1 aromatic carbocycles. The molecule has 0 saturated carbocycles. The van der Waals surface area contributed by atoms with Crippen LogP contribution >= 0.6 is 11.8 Å². The molecule has 1 aliphatic rings. The van der Waals surface area contributed by atoms with Gasteiger partial charge in [-0.1, -0.05) is 0 Å². The quantitative estimate of drug-likeness (QED) is 0.491. The number of benzene rings is 1. The number of nitrogens with zero attached hydrogens (tertiary/aromatic N) is 3. The van der Waals surface area contributed by atoms with Crippen LogP contribution < -0.4 is 5.43 Å². The van der Waals surface area contributed by atoms with Gasteiger partial charge in [0.15, 0.2) is 0 Å². The van der Waals surface area contributed by atoms with E-state index in [1.807, 2.05) is 0 Å². The van der Waals surface area contributed by atoms with E-state index in [1.54, 1.807) is 18.2 Å². The summed E-state index contributed by atoms with van der Waals surface area (Å²) in [5, 5.41) is 11.9. The van der Waals surface area contributed by atoms with Gasteiger partial charge in [-0.05, 0) is 30.3 Å². The third-order valence-electron chi connectivity index (χ3n) is 4.56.